The predicted molar refractivity (Wildman–Crippen MR) is 271 cm³/mol. The van der Waals surface area contributed by atoms with E-state index in [9.17, 15) is 70.8 Å². The third-order valence-electron chi connectivity index (χ3n) is 11.6. The number of ether oxygens (including phenoxy) is 3. The third-order valence-corrected chi connectivity index (χ3v) is 15.0. The number of unbranched alkanes of at least 4 members (excludes halogenated alkanes) is 7. The van der Waals surface area contributed by atoms with Gasteiger partial charge in [0.25, 0.3) is 0 Å². The van der Waals surface area contributed by atoms with Crippen LogP contribution in [0.1, 0.15) is 143 Å². The van der Waals surface area contributed by atoms with Gasteiger partial charge < -0.3 is 24.8 Å². The molecule has 0 aliphatic rings. The van der Waals surface area contributed by atoms with E-state index >= 15 is 0 Å². The van der Waals surface area contributed by atoms with Crippen molar-refractivity contribution in [1.82, 2.24) is 25.8 Å². The smallest absolute Gasteiger partial charge is 0.246 e. The van der Waals surface area contributed by atoms with Gasteiger partial charge in [-0.2, -0.15) is 0 Å². The first kappa shape index (κ1) is 67.3. The van der Waals surface area contributed by atoms with E-state index in [1.807, 2.05) is 0 Å². The lowest BCUT2D eigenvalue weighted by atomic mass is 9.98. The molecule has 1 rings (SSSR count). The molecule has 0 fully saturated rings. The zero-order valence-electron chi connectivity index (χ0n) is 43.4. The first-order chi connectivity index (χ1) is 35.1. The molecule has 0 unspecified atom stereocenters. The number of benzene rings is 1. The number of rotatable bonds is 45. The summed E-state index contributed by atoms with van der Waals surface area (Å²) < 4.78 is 65.7. The molecule has 0 heterocycles. The van der Waals surface area contributed by atoms with Crippen molar-refractivity contribution in [3.05, 3.63) is 35.4 Å². The number of sulfone groups is 2. The normalized spacial score (nSPS) is 11.6. The molecule has 0 bridgehead atoms. The number of ketones is 3. The Morgan fingerprint density at radius 2 is 0.973 bits per heavy atom. The van der Waals surface area contributed by atoms with Gasteiger partial charge in [0.1, 0.15) is 5.78 Å². The van der Waals surface area contributed by atoms with E-state index < -0.39 is 60.6 Å². The number of nitrogens with one attached hydrogen (secondary N) is 2. The second-order valence-corrected chi connectivity index (χ2v) is 22.4. The Balaban J connectivity index is 2.17. The summed E-state index contributed by atoms with van der Waals surface area (Å²) >= 11 is 0. The molecule has 0 aliphatic carbocycles. The van der Waals surface area contributed by atoms with Gasteiger partial charge in [-0.1, -0.05) is 37.1 Å². The van der Waals surface area contributed by atoms with E-state index in [0.717, 1.165) is 0 Å². The van der Waals surface area contributed by atoms with Gasteiger partial charge >= 0.3 is 0 Å². The summed E-state index contributed by atoms with van der Waals surface area (Å²) in [7, 11) is -5.00. The van der Waals surface area contributed by atoms with E-state index in [1.54, 1.807) is 0 Å². The molecule has 0 aliphatic heterocycles. The Labute approximate surface area is 436 Å². The van der Waals surface area contributed by atoms with Crippen LogP contribution in [0.3, 0.4) is 0 Å². The Hall–Kier alpha value is -4.76. The number of hydrogen-bond donors (Lipinski definition) is 5. The van der Waals surface area contributed by atoms with Crippen molar-refractivity contribution in [2.24, 2.45) is 5.92 Å². The van der Waals surface area contributed by atoms with E-state index in [1.165, 1.54) is 45.4 Å². The molecule has 0 atom stereocenters. The number of carbonyl (C=O) groups excluding carboxylic acids is 8. The van der Waals surface area contributed by atoms with Gasteiger partial charge in [0, 0.05) is 117 Å². The number of methoxy groups -OCH3 is 2. The van der Waals surface area contributed by atoms with Crippen LogP contribution in [0.2, 0.25) is 0 Å². The Morgan fingerprint density at radius 3 is 1.49 bits per heavy atom. The highest BCUT2D eigenvalue weighted by Crippen LogP contribution is 2.18. The lowest BCUT2D eigenvalue weighted by molar-refractivity contribution is -0.166. The van der Waals surface area contributed by atoms with Crippen molar-refractivity contribution in [3.8, 4) is 0 Å². The summed E-state index contributed by atoms with van der Waals surface area (Å²) in [6, 6.07) is 5.58. The van der Waals surface area contributed by atoms with Crippen molar-refractivity contribution in [3.63, 3.8) is 0 Å². The molecular formula is C49H81N5O18S2. The van der Waals surface area contributed by atoms with Crippen molar-refractivity contribution < 1.29 is 85.0 Å². The van der Waals surface area contributed by atoms with Crippen LogP contribution in [0.4, 0.5) is 0 Å². The van der Waals surface area contributed by atoms with Crippen molar-refractivity contribution in [1.29, 1.82) is 0 Å². The van der Waals surface area contributed by atoms with Crippen LogP contribution in [-0.2, 0) is 62.7 Å². The van der Waals surface area contributed by atoms with E-state index in [4.69, 9.17) is 14.2 Å². The minimum Gasteiger partial charge on any atom is -0.384 e. The summed E-state index contributed by atoms with van der Waals surface area (Å²) in [4.78, 5) is 98.1. The SMILES string of the molecule is COCCS(=O)(=O)CC(CS(=O)(=O)CCOC)C(=O)c1ccc(C(=O)CCCOCCC(=O)NCCCCCN(O)C(=O)CCC(=O)CCCCCCN(O)C(=O)CCC(=O)NCCCCCN(O)C(C)=O)cc1. The molecule has 0 saturated heterocycles. The number of amides is 5. The molecule has 0 aromatic heterocycles. The lowest BCUT2D eigenvalue weighted by Gasteiger charge is -2.17. The molecule has 0 saturated carbocycles. The van der Waals surface area contributed by atoms with Gasteiger partial charge in [-0.05, 0) is 57.8 Å². The van der Waals surface area contributed by atoms with Gasteiger partial charge in [0.15, 0.2) is 31.2 Å². The highest BCUT2D eigenvalue weighted by atomic mass is 32.2. The fraction of sp³-hybridized carbons (Fsp3) is 0.714. The van der Waals surface area contributed by atoms with E-state index in [0.29, 0.717) is 104 Å². The molecule has 1 aromatic carbocycles. The van der Waals surface area contributed by atoms with Gasteiger partial charge in [-0.3, -0.25) is 54.0 Å². The molecule has 25 heteroatoms. The third kappa shape index (κ3) is 32.5. The Morgan fingerprint density at radius 1 is 0.514 bits per heavy atom. The molecule has 422 valence electrons. The summed E-state index contributed by atoms with van der Waals surface area (Å²) in [6.45, 7) is 2.53. The maximum atomic E-state index is 13.4. The van der Waals surface area contributed by atoms with E-state index in [2.05, 4.69) is 10.6 Å². The monoisotopic (exact) mass is 1090 g/mol. The van der Waals surface area contributed by atoms with Crippen LogP contribution >= 0.6 is 0 Å². The van der Waals surface area contributed by atoms with Gasteiger partial charge in [0.2, 0.25) is 29.5 Å². The molecule has 0 radical (unpaired) electrons. The number of hydrogen-bond acceptors (Lipinski definition) is 18. The van der Waals surface area contributed by atoms with Crippen LogP contribution in [0.15, 0.2) is 24.3 Å². The minimum absolute atomic E-state index is 0.00796. The van der Waals surface area contributed by atoms with Crippen LogP contribution in [-0.4, -0.2) is 191 Å². The standard InChI is InChI=1S/C49H81N5O18S2/c1-39(55)52(63)28-12-6-9-26-50-45(58)22-24-48(61)54(65)29-11-5-4-8-15-43(56)21-23-47(60)53(64)30-13-7-10-27-51-46(59)25-32-72-31-14-16-44(57)40-17-19-41(20-18-40)49(62)42(37-73(66,67)35-33-70-2)38-74(68,69)36-34-71-3/h17-20,42,63-65H,4-16,21-38H2,1-3H3,(H,50,58)(H,51,59). The van der Waals surface area contributed by atoms with Crippen LogP contribution < -0.4 is 10.6 Å². The molecule has 0 spiro atoms. The number of hydroxylamine groups is 6. The second-order valence-electron chi connectivity index (χ2n) is 17.9. The van der Waals surface area contributed by atoms with Crippen LogP contribution in [0.25, 0.3) is 0 Å². The quantitative estimate of drug-likeness (QED) is 0.0271. The maximum Gasteiger partial charge on any atom is 0.246 e. The lowest BCUT2D eigenvalue weighted by Crippen LogP contribution is -2.33. The molecule has 23 nitrogen and oxygen atoms in total. The molecule has 74 heavy (non-hydrogen) atoms. The number of nitrogens with zero attached hydrogens (tertiary/aromatic N) is 3. The zero-order valence-corrected chi connectivity index (χ0v) is 45.1. The van der Waals surface area contributed by atoms with Gasteiger partial charge in [-0.25, -0.2) is 32.0 Å². The van der Waals surface area contributed by atoms with Gasteiger partial charge in [-0.15, -0.1) is 0 Å². The summed E-state index contributed by atoms with van der Waals surface area (Å²) in [6.07, 6.45) is 6.47. The number of carbonyl (C=O) groups is 8. The van der Waals surface area contributed by atoms with Crippen LogP contribution in [0, 0.1) is 5.92 Å². The van der Waals surface area contributed by atoms with Crippen molar-refractivity contribution >= 4 is 66.6 Å². The van der Waals surface area contributed by atoms with Crippen molar-refractivity contribution in [2.45, 2.75) is 122 Å². The average molecular weight is 1090 g/mol. The van der Waals surface area contributed by atoms with Crippen molar-refractivity contribution in [2.75, 3.05) is 96.4 Å². The Bertz CT molecular complexity index is 2070. The summed E-state index contributed by atoms with van der Waals surface area (Å²) in [5.74, 6) is -6.64. The molecule has 1 aromatic rings. The average Bonchev–Trinajstić information content (AvgIpc) is 3.36. The first-order valence-electron chi connectivity index (χ1n) is 25.3. The summed E-state index contributed by atoms with van der Waals surface area (Å²) in [5.41, 5.74) is 0.370. The second kappa shape index (κ2) is 38.7. The number of Topliss-reactive ketones (excluding diaryl/α,β-unsaturated/α-hetero) is 3. The maximum absolute atomic E-state index is 13.4. The zero-order chi connectivity index (χ0) is 55.4. The largest absolute Gasteiger partial charge is 0.384 e. The highest BCUT2D eigenvalue weighted by Gasteiger charge is 2.31. The predicted octanol–water partition coefficient (Wildman–Crippen LogP) is 3.30. The molecule has 5 N–H and O–H groups in total. The van der Waals surface area contributed by atoms with Crippen LogP contribution in [0.5, 0.6) is 0 Å². The fourth-order valence-corrected chi connectivity index (χ4v) is 10.2. The Kier molecular flexibility index (Phi) is 35.2. The highest BCUT2D eigenvalue weighted by molar-refractivity contribution is 7.92. The first-order valence-corrected chi connectivity index (χ1v) is 28.9. The van der Waals surface area contributed by atoms with Gasteiger partial charge in [0.05, 0.1) is 48.7 Å². The fourth-order valence-electron chi connectivity index (χ4n) is 7.16. The summed E-state index contributed by atoms with van der Waals surface area (Å²) in [5, 5.41) is 36.7. The molecule has 5 amide bonds. The van der Waals surface area contributed by atoms with E-state index in [-0.39, 0.29) is 131 Å². The molecular weight excluding hydrogens is 1010 g/mol. The topological polar surface area (TPSA) is 327 Å². The minimum atomic E-state index is -3.83.